The monoisotopic (exact) mass is 558 g/mol. The Morgan fingerprint density at radius 3 is 2.49 bits per heavy atom. The molecule has 8 nitrogen and oxygen atoms in total. The van der Waals surface area contributed by atoms with Crippen molar-refractivity contribution in [2.75, 3.05) is 11.4 Å². The Morgan fingerprint density at radius 1 is 1.13 bits per heavy atom. The van der Waals surface area contributed by atoms with Gasteiger partial charge in [0.15, 0.2) is 11.9 Å². The van der Waals surface area contributed by atoms with E-state index in [0.29, 0.717) is 26.9 Å². The van der Waals surface area contributed by atoms with Crippen LogP contribution in [0.15, 0.2) is 61.2 Å². The quantitative estimate of drug-likeness (QED) is 0.284. The zero-order valence-electron chi connectivity index (χ0n) is 21.6. The van der Waals surface area contributed by atoms with Gasteiger partial charge in [0, 0.05) is 34.1 Å². The number of halogens is 4. The number of hydrogen-bond acceptors (Lipinski definition) is 5. The molecule has 1 N–H and O–H groups in total. The van der Waals surface area contributed by atoms with Crippen LogP contribution >= 0.6 is 11.6 Å². The van der Waals surface area contributed by atoms with E-state index in [1.54, 1.807) is 59.4 Å². The number of carboxylic acid groups (broad SMARTS) is 1. The number of hydrogen-bond donors (Lipinski definition) is 1. The lowest BCUT2D eigenvalue weighted by Gasteiger charge is -2.58. The smallest absolute Gasteiger partial charge is 0.410 e. The highest BCUT2D eigenvalue weighted by atomic mass is 35.5. The molecule has 204 valence electrons. The molecule has 39 heavy (non-hydrogen) atoms. The molecule has 3 aromatic heterocycles. The van der Waals surface area contributed by atoms with Crippen LogP contribution in [0, 0.1) is 5.41 Å². The van der Waals surface area contributed by atoms with Gasteiger partial charge in [0.2, 0.25) is 11.6 Å². The fourth-order valence-corrected chi connectivity index (χ4v) is 5.61. The van der Waals surface area contributed by atoms with Crippen molar-refractivity contribution in [2.24, 2.45) is 5.41 Å². The maximum absolute atomic E-state index is 17.0. The van der Waals surface area contributed by atoms with Crippen LogP contribution in [-0.2, 0) is 0 Å². The van der Waals surface area contributed by atoms with E-state index >= 15 is 13.2 Å². The van der Waals surface area contributed by atoms with Crippen molar-refractivity contribution in [3.63, 3.8) is 0 Å². The van der Waals surface area contributed by atoms with Gasteiger partial charge in [0.1, 0.15) is 12.1 Å². The molecule has 1 aromatic carbocycles. The number of rotatable bonds is 3. The first-order chi connectivity index (χ1) is 18.3. The summed E-state index contributed by atoms with van der Waals surface area (Å²) in [6.07, 6.45) is 0.347. The molecule has 5 rings (SSSR count). The molecule has 0 saturated carbocycles. The van der Waals surface area contributed by atoms with E-state index in [9.17, 15) is 9.90 Å². The van der Waals surface area contributed by atoms with Crippen molar-refractivity contribution in [1.29, 1.82) is 0 Å². The van der Waals surface area contributed by atoms with Crippen LogP contribution in [0.5, 0.6) is 0 Å². The van der Waals surface area contributed by atoms with Gasteiger partial charge in [-0.1, -0.05) is 44.5 Å². The lowest BCUT2D eigenvalue weighted by Crippen LogP contribution is -2.78. The highest BCUT2D eigenvalue weighted by Gasteiger charge is 2.70. The van der Waals surface area contributed by atoms with Crippen molar-refractivity contribution in [3.05, 3.63) is 66.2 Å². The topological polar surface area (TPSA) is 87.4 Å². The summed E-state index contributed by atoms with van der Waals surface area (Å²) in [5, 5.41) is 10.4. The highest BCUT2D eigenvalue weighted by Crippen LogP contribution is 2.54. The SMILES string of the molecule is CC(C)(C)[C@@]1(F)N(C(=O)O)CC(F)N(c2ncnc3c2c(-c2ccccn2)cn3-c2cccc(Cl)c2)C1(C)F. The Labute approximate surface area is 227 Å². The van der Waals surface area contributed by atoms with Gasteiger partial charge in [-0.3, -0.25) is 14.8 Å². The number of benzene rings is 1. The number of piperazine rings is 1. The van der Waals surface area contributed by atoms with Crippen molar-refractivity contribution in [1.82, 2.24) is 24.4 Å². The first kappa shape index (κ1) is 26.7. The molecule has 2 unspecified atom stereocenters. The summed E-state index contributed by atoms with van der Waals surface area (Å²) in [5.41, 5.74) is 0.193. The Bertz CT molecular complexity index is 1560. The van der Waals surface area contributed by atoms with Gasteiger partial charge in [-0.2, -0.15) is 0 Å². The number of fused-ring (bicyclic) bond motifs is 1. The van der Waals surface area contributed by atoms with E-state index in [-0.39, 0.29) is 21.8 Å². The second kappa shape index (κ2) is 9.11. The number of anilines is 1. The van der Waals surface area contributed by atoms with E-state index in [1.807, 2.05) is 0 Å². The number of amides is 1. The number of pyridine rings is 1. The summed E-state index contributed by atoms with van der Waals surface area (Å²) in [4.78, 5) is 25.8. The van der Waals surface area contributed by atoms with Gasteiger partial charge in [0.25, 0.3) is 0 Å². The third-order valence-electron chi connectivity index (χ3n) is 7.09. The van der Waals surface area contributed by atoms with Gasteiger partial charge in [-0.05, 0) is 37.3 Å². The van der Waals surface area contributed by atoms with Gasteiger partial charge < -0.3 is 9.67 Å². The number of aromatic nitrogens is 4. The Balaban J connectivity index is 1.83. The summed E-state index contributed by atoms with van der Waals surface area (Å²) in [6, 6.07) is 12.1. The van der Waals surface area contributed by atoms with Crippen molar-refractivity contribution >= 4 is 34.5 Å². The minimum Gasteiger partial charge on any atom is -0.465 e. The molecule has 0 bridgehead atoms. The van der Waals surface area contributed by atoms with Crippen LogP contribution in [0.25, 0.3) is 28.0 Å². The molecular weight excluding hydrogens is 533 g/mol. The maximum Gasteiger partial charge on any atom is 0.410 e. The molecule has 12 heteroatoms. The van der Waals surface area contributed by atoms with Gasteiger partial charge in [-0.15, -0.1) is 0 Å². The van der Waals surface area contributed by atoms with Gasteiger partial charge >= 0.3 is 6.09 Å². The standard InChI is InChI=1S/C27H26ClF3N6O2/c1-25(2,3)27(31)26(4,30)37(20(29)14-36(27)24(38)39)23-21-18(19-10-5-6-11-32-19)13-35(22(21)33-15-34-23)17-9-7-8-16(28)12-17/h5-13,15,20H,14H2,1-4H3,(H,38,39)/t20?,26?,27-/m1/s1. The van der Waals surface area contributed by atoms with E-state index < -0.39 is 35.9 Å². The normalized spacial score (nSPS) is 23.8. The largest absolute Gasteiger partial charge is 0.465 e. The lowest BCUT2D eigenvalue weighted by atomic mass is 9.75. The second-order valence-electron chi connectivity index (χ2n) is 10.5. The Hall–Kier alpha value is -3.86. The molecule has 4 heterocycles. The van der Waals surface area contributed by atoms with Crippen LogP contribution in [0.4, 0.5) is 23.8 Å². The third-order valence-corrected chi connectivity index (χ3v) is 7.32. The predicted molar refractivity (Wildman–Crippen MR) is 142 cm³/mol. The molecule has 3 atom stereocenters. The van der Waals surface area contributed by atoms with Crippen molar-refractivity contribution in [3.8, 4) is 16.9 Å². The van der Waals surface area contributed by atoms with E-state index in [0.717, 1.165) is 13.3 Å². The Kier molecular flexibility index (Phi) is 6.25. The third kappa shape index (κ3) is 3.98. The minimum absolute atomic E-state index is 0.198. The number of nitrogens with zero attached hydrogens (tertiary/aromatic N) is 6. The minimum atomic E-state index is -3.19. The molecule has 1 saturated heterocycles. The molecule has 4 aromatic rings. The van der Waals surface area contributed by atoms with Crippen LogP contribution in [0.2, 0.25) is 5.02 Å². The number of carbonyl (C=O) groups is 1. The van der Waals surface area contributed by atoms with Gasteiger partial charge in [0.05, 0.1) is 17.6 Å². The summed E-state index contributed by atoms with van der Waals surface area (Å²) in [6.45, 7) is 3.98. The van der Waals surface area contributed by atoms with Crippen LogP contribution in [-0.4, -0.2) is 60.0 Å². The van der Waals surface area contributed by atoms with E-state index in [4.69, 9.17) is 11.6 Å². The van der Waals surface area contributed by atoms with E-state index in [1.165, 1.54) is 20.8 Å². The average molecular weight is 559 g/mol. The van der Waals surface area contributed by atoms with Crippen LogP contribution in [0.3, 0.4) is 0 Å². The zero-order valence-corrected chi connectivity index (χ0v) is 22.4. The number of alkyl halides is 3. The molecule has 1 amide bonds. The summed E-state index contributed by atoms with van der Waals surface area (Å²) >= 11 is 6.23. The zero-order chi connectivity index (χ0) is 28.3. The first-order valence-electron chi connectivity index (χ1n) is 12.1. The fourth-order valence-electron chi connectivity index (χ4n) is 5.43. The highest BCUT2D eigenvalue weighted by molar-refractivity contribution is 6.30. The predicted octanol–water partition coefficient (Wildman–Crippen LogP) is 6.63. The maximum atomic E-state index is 17.0. The summed E-state index contributed by atoms with van der Waals surface area (Å²) < 4.78 is 51.5. The van der Waals surface area contributed by atoms with Crippen molar-refractivity contribution < 1.29 is 23.1 Å². The first-order valence-corrected chi connectivity index (χ1v) is 12.5. The fraction of sp³-hybridized carbons (Fsp3) is 0.333. The summed E-state index contributed by atoms with van der Waals surface area (Å²) in [7, 11) is 0. The lowest BCUT2D eigenvalue weighted by molar-refractivity contribution is -0.218. The molecule has 1 fully saturated rings. The molecule has 0 spiro atoms. The van der Waals surface area contributed by atoms with Crippen LogP contribution < -0.4 is 4.90 Å². The molecule has 0 radical (unpaired) electrons. The Morgan fingerprint density at radius 2 is 1.87 bits per heavy atom. The molecule has 1 aliphatic rings. The second-order valence-corrected chi connectivity index (χ2v) is 11.0. The molecular formula is C27H26ClF3N6O2. The van der Waals surface area contributed by atoms with Gasteiger partial charge in [-0.25, -0.2) is 27.9 Å². The summed E-state index contributed by atoms with van der Waals surface area (Å²) in [5.74, 6) is -6.59. The molecule has 0 aliphatic carbocycles. The van der Waals surface area contributed by atoms with Crippen molar-refractivity contribution in [2.45, 2.75) is 45.6 Å². The average Bonchev–Trinajstić information content (AvgIpc) is 3.26. The molecule has 1 aliphatic heterocycles. The van der Waals surface area contributed by atoms with E-state index in [2.05, 4.69) is 15.0 Å². The van der Waals surface area contributed by atoms with Crippen LogP contribution in [0.1, 0.15) is 27.7 Å².